The Bertz CT molecular complexity index is 350. The van der Waals surface area contributed by atoms with Gasteiger partial charge in [-0.05, 0) is 5.41 Å². The number of carbonyl (C=O) groups excluding carboxylic acids is 2. The minimum Gasteiger partial charge on any atom is -0.287 e. The van der Waals surface area contributed by atoms with Crippen molar-refractivity contribution >= 4 is 80.5 Å². The predicted molar refractivity (Wildman–Crippen MR) is 92.7 cm³/mol. The van der Waals surface area contributed by atoms with Crippen LogP contribution in [0.2, 0.25) is 0 Å². The molecule has 1 aliphatic rings. The SMILES string of the molecule is O=C(CCCl)SCC1=CSC(CSC(=O)CCCl)S1. The zero-order valence-electron chi connectivity index (χ0n) is 10.1. The second-order valence-corrected chi connectivity index (χ2v) is 9.06. The van der Waals surface area contributed by atoms with Crippen LogP contribution in [0, 0.1) is 0 Å². The van der Waals surface area contributed by atoms with Crippen molar-refractivity contribution in [3.05, 3.63) is 10.3 Å². The lowest BCUT2D eigenvalue weighted by Crippen LogP contribution is -2.02. The van der Waals surface area contributed by atoms with E-state index in [1.165, 1.54) is 28.4 Å². The average molecular weight is 377 g/mol. The lowest BCUT2D eigenvalue weighted by Gasteiger charge is -2.07. The van der Waals surface area contributed by atoms with Gasteiger partial charge in [-0.25, -0.2) is 0 Å². The topological polar surface area (TPSA) is 34.1 Å². The molecule has 19 heavy (non-hydrogen) atoms. The Morgan fingerprint density at radius 3 is 2.42 bits per heavy atom. The van der Waals surface area contributed by atoms with Crippen molar-refractivity contribution in [1.29, 1.82) is 0 Å². The zero-order valence-corrected chi connectivity index (χ0v) is 14.9. The van der Waals surface area contributed by atoms with Gasteiger partial charge in [0.15, 0.2) is 10.2 Å². The van der Waals surface area contributed by atoms with E-state index in [4.69, 9.17) is 23.2 Å². The van der Waals surface area contributed by atoms with Crippen molar-refractivity contribution in [3.63, 3.8) is 0 Å². The number of hydrogen-bond donors (Lipinski definition) is 0. The highest BCUT2D eigenvalue weighted by Crippen LogP contribution is 2.42. The summed E-state index contributed by atoms with van der Waals surface area (Å²) in [6.07, 6.45) is 0.848. The van der Waals surface area contributed by atoms with Gasteiger partial charge in [0, 0.05) is 41.0 Å². The molecule has 0 saturated heterocycles. The van der Waals surface area contributed by atoms with Crippen molar-refractivity contribution in [1.82, 2.24) is 0 Å². The molecule has 0 radical (unpaired) electrons. The standard InChI is InChI=1S/C11H14Cl2O2S4/c12-3-1-9(14)16-5-8-6-18-11(19-8)7-17-10(15)2-4-13/h6,11H,1-5,7H2. The first kappa shape index (κ1) is 18.1. The summed E-state index contributed by atoms with van der Waals surface area (Å²) in [5.74, 6) is 2.27. The Balaban J connectivity index is 2.14. The van der Waals surface area contributed by atoms with E-state index in [1.54, 1.807) is 23.5 Å². The van der Waals surface area contributed by atoms with Gasteiger partial charge in [-0.2, -0.15) is 0 Å². The number of hydrogen-bond acceptors (Lipinski definition) is 6. The molecule has 1 rings (SSSR count). The lowest BCUT2D eigenvalue weighted by molar-refractivity contribution is -0.111. The van der Waals surface area contributed by atoms with E-state index in [1.807, 2.05) is 0 Å². The maximum atomic E-state index is 11.3. The summed E-state index contributed by atoms with van der Waals surface area (Å²) in [4.78, 5) is 23.9. The molecule has 1 heterocycles. The van der Waals surface area contributed by atoms with Crippen LogP contribution in [0.3, 0.4) is 0 Å². The first-order valence-corrected chi connectivity index (χ1v) is 10.5. The maximum Gasteiger partial charge on any atom is 0.190 e. The van der Waals surface area contributed by atoms with Gasteiger partial charge in [0.25, 0.3) is 0 Å². The molecule has 108 valence electrons. The quantitative estimate of drug-likeness (QED) is 0.583. The van der Waals surface area contributed by atoms with E-state index in [-0.39, 0.29) is 10.2 Å². The second-order valence-electron chi connectivity index (χ2n) is 3.49. The molecule has 1 aliphatic heterocycles. The number of rotatable bonds is 8. The second kappa shape index (κ2) is 10.7. The number of alkyl halides is 2. The molecule has 0 aromatic carbocycles. The van der Waals surface area contributed by atoms with E-state index >= 15 is 0 Å². The van der Waals surface area contributed by atoms with Crippen molar-refractivity contribution < 1.29 is 9.59 Å². The molecule has 2 nitrogen and oxygen atoms in total. The molecule has 0 saturated carbocycles. The van der Waals surface area contributed by atoms with Crippen LogP contribution < -0.4 is 0 Å². The highest BCUT2D eigenvalue weighted by Gasteiger charge is 2.20. The molecular formula is C11H14Cl2O2S4. The van der Waals surface area contributed by atoms with Crippen LogP contribution in [0.15, 0.2) is 10.3 Å². The molecular weight excluding hydrogens is 363 g/mol. The van der Waals surface area contributed by atoms with Gasteiger partial charge in [0.05, 0.1) is 4.58 Å². The van der Waals surface area contributed by atoms with Crippen LogP contribution in [-0.4, -0.2) is 38.1 Å². The van der Waals surface area contributed by atoms with Crippen molar-refractivity contribution in [2.45, 2.75) is 17.4 Å². The minimum absolute atomic E-state index is 0.136. The molecule has 0 fully saturated rings. The van der Waals surface area contributed by atoms with Gasteiger partial charge in [0.2, 0.25) is 0 Å². The first-order chi connectivity index (χ1) is 9.15. The molecule has 0 bridgehead atoms. The van der Waals surface area contributed by atoms with Gasteiger partial charge in [0.1, 0.15) is 0 Å². The fourth-order valence-corrected chi connectivity index (χ4v) is 6.32. The van der Waals surface area contributed by atoms with E-state index in [0.717, 1.165) is 5.75 Å². The van der Waals surface area contributed by atoms with Crippen LogP contribution in [-0.2, 0) is 9.59 Å². The third kappa shape index (κ3) is 8.17. The highest BCUT2D eigenvalue weighted by atomic mass is 35.5. The average Bonchev–Trinajstić information content (AvgIpc) is 2.83. The molecule has 0 aliphatic carbocycles. The molecule has 0 N–H and O–H groups in total. The van der Waals surface area contributed by atoms with Crippen LogP contribution in [0.5, 0.6) is 0 Å². The summed E-state index contributed by atoms with van der Waals surface area (Å²) in [5, 5.41) is 2.37. The normalized spacial score (nSPS) is 18.4. The Labute approximate surface area is 140 Å². The number of halogens is 2. The Kier molecular flexibility index (Phi) is 10.2. The van der Waals surface area contributed by atoms with E-state index < -0.39 is 0 Å². The van der Waals surface area contributed by atoms with Crippen molar-refractivity contribution in [3.8, 4) is 0 Å². The Morgan fingerprint density at radius 2 is 1.79 bits per heavy atom. The first-order valence-electron chi connectivity index (χ1n) is 5.60. The van der Waals surface area contributed by atoms with Crippen LogP contribution in [0.4, 0.5) is 0 Å². The van der Waals surface area contributed by atoms with E-state index in [2.05, 4.69) is 5.41 Å². The van der Waals surface area contributed by atoms with E-state index in [9.17, 15) is 9.59 Å². The fraction of sp³-hybridized carbons (Fsp3) is 0.636. The third-order valence-corrected chi connectivity index (χ3v) is 7.63. The maximum absolute atomic E-state index is 11.3. The highest BCUT2D eigenvalue weighted by molar-refractivity contribution is 8.25. The third-order valence-electron chi connectivity index (χ3n) is 1.99. The molecule has 0 amide bonds. The minimum atomic E-state index is 0.136. The van der Waals surface area contributed by atoms with Gasteiger partial charge in [-0.3, -0.25) is 9.59 Å². The largest absolute Gasteiger partial charge is 0.287 e. The summed E-state index contributed by atoms with van der Waals surface area (Å²) in [6, 6.07) is 0. The Hall–Kier alpha value is 1.06. The molecule has 8 heteroatoms. The summed E-state index contributed by atoms with van der Waals surface area (Å²) in [6.45, 7) is 0. The summed E-state index contributed by atoms with van der Waals surface area (Å²) in [5.41, 5.74) is 0. The number of carbonyl (C=O) groups is 2. The zero-order chi connectivity index (χ0) is 14.1. The van der Waals surface area contributed by atoms with Crippen molar-refractivity contribution in [2.24, 2.45) is 0 Å². The van der Waals surface area contributed by atoms with Gasteiger partial charge in [-0.1, -0.05) is 23.5 Å². The molecule has 1 unspecified atom stereocenters. The predicted octanol–water partition coefficient (Wildman–Crippen LogP) is 4.41. The molecule has 0 aromatic heterocycles. The van der Waals surface area contributed by atoms with Crippen LogP contribution in [0.1, 0.15) is 12.8 Å². The smallest absolute Gasteiger partial charge is 0.190 e. The lowest BCUT2D eigenvalue weighted by atomic mass is 10.5. The summed E-state index contributed by atoms with van der Waals surface area (Å²) in [7, 11) is 0. The monoisotopic (exact) mass is 376 g/mol. The van der Waals surface area contributed by atoms with Crippen LogP contribution >= 0.6 is 70.2 Å². The van der Waals surface area contributed by atoms with Gasteiger partial charge >= 0.3 is 0 Å². The molecule has 1 atom stereocenters. The van der Waals surface area contributed by atoms with Crippen LogP contribution in [0.25, 0.3) is 0 Å². The summed E-state index contributed by atoms with van der Waals surface area (Å²) < 4.78 is 0.364. The number of thioether (sulfide) groups is 4. The van der Waals surface area contributed by atoms with Crippen molar-refractivity contribution in [2.75, 3.05) is 23.3 Å². The summed E-state index contributed by atoms with van der Waals surface area (Å²) >= 11 is 17.1. The fourth-order valence-electron chi connectivity index (χ4n) is 1.13. The molecule has 0 aromatic rings. The van der Waals surface area contributed by atoms with E-state index in [0.29, 0.717) is 34.9 Å². The Morgan fingerprint density at radius 1 is 1.16 bits per heavy atom. The van der Waals surface area contributed by atoms with Gasteiger partial charge in [-0.15, -0.1) is 46.7 Å². The molecule has 0 spiro atoms. The van der Waals surface area contributed by atoms with Gasteiger partial charge < -0.3 is 0 Å².